The molecule has 3 N–H and O–H groups in total. The minimum atomic E-state index is -0.454. The summed E-state index contributed by atoms with van der Waals surface area (Å²) in [6.45, 7) is 5.30. The zero-order chi connectivity index (χ0) is 23.9. The van der Waals surface area contributed by atoms with Crippen LogP contribution in [-0.4, -0.2) is 68.6 Å². The van der Waals surface area contributed by atoms with Crippen LogP contribution in [0.3, 0.4) is 0 Å². The topological polar surface area (TPSA) is 81.9 Å². The molecule has 0 radical (unpaired) electrons. The van der Waals surface area contributed by atoms with Gasteiger partial charge in [-0.1, -0.05) is 0 Å². The number of benzene rings is 1. The number of halogens is 1. The third-order valence-corrected chi connectivity index (χ3v) is 8.79. The van der Waals surface area contributed by atoms with Gasteiger partial charge in [0.2, 0.25) is 11.8 Å². The molecular weight excluding hydrogens is 433 g/mol. The summed E-state index contributed by atoms with van der Waals surface area (Å²) in [5.41, 5.74) is 7.88. The number of nitrogens with zero attached hydrogens (tertiary/aromatic N) is 3. The second-order valence-corrected chi connectivity index (χ2v) is 11.1. The monoisotopic (exact) mass is 471 g/mol. The highest BCUT2D eigenvalue weighted by Gasteiger charge is 2.44. The summed E-state index contributed by atoms with van der Waals surface area (Å²) >= 11 is 0. The molecule has 3 aliphatic heterocycles. The second kappa shape index (κ2) is 9.46. The number of likely N-dealkylation sites (N-methyl/N-ethyl adjacent to an activating group) is 1. The van der Waals surface area contributed by atoms with Gasteiger partial charge in [0.15, 0.2) is 0 Å². The maximum Gasteiger partial charge on any atom is 0.249 e. The van der Waals surface area contributed by atoms with E-state index < -0.39 is 6.04 Å². The molecule has 1 saturated carbocycles. The molecule has 0 aromatic heterocycles. The number of carbonyl (C=O) groups excluding carboxylic acids is 2. The number of hydrogen-bond acceptors (Lipinski definition) is 6. The van der Waals surface area contributed by atoms with Crippen LogP contribution in [0.15, 0.2) is 18.2 Å². The van der Waals surface area contributed by atoms with Gasteiger partial charge in [0.25, 0.3) is 0 Å². The van der Waals surface area contributed by atoms with E-state index in [1.54, 1.807) is 11.9 Å². The van der Waals surface area contributed by atoms with E-state index >= 15 is 4.39 Å². The Balaban J connectivity index is 1.12. The highest BCUT2D eigenvalue weighted by atomic mass is 19.1. The van der Waals surface area contributed by atoms with Gasteiger partial charge in [-0.3, -0.25) is 14.9 Å². The Morgan fingerprint density at radius 2 is 1.82 bits per heavy atom. The van der Waals surface area contributed by atoms with Gasteiger partial charge in [-0.25, -0.2) is 4.39 Å². The fraction of sp³-hybridized carbons (Fsp3) is 0.692. The average Bonchev–Trinajstić information content (AvgIpc) is 2.80. The summed E-state index contributed by atoms with van der Waals surface area (Å²) in [6, 6.07) is 5.21. The van der Waals surface area contributed by atoms with Crippen molar-refractivity contribution in [2.75, 3.05) is 49.6 Å². The fourth-order valence-corrected chi connectivity index (χ4v) is 6.60. The van der Waals surface area contributed by atoms with Crippen molar-refractivity contribution in [2.24, 2.45) is 17.1 Å². The lowest BCUT2D eigenvalue weighted by Gasteiger charge is -2.51. The van der Waals surface area contributed by atoms with Crippen LogP contribution >= 0.6 is 0 Å². The predicted octanol–water partition coefficient (Wildman–Crippen LogP) is 2.49. The summed E-state index contributed by atoms with van der Waals surface area (Å²) < 4.78 is 15.1. The minimum Gasteiger partial charge on any atom is -0.369 e. The van der Waals surface area contributed by atoms with Crippen molar-refractivity contribution < 1.29 is 14.0 Å². The number of imide groups is 1. The van der Waals surface area contributed by atoms with Crippen molar-refractivity contribution in [3.63, 3.8) is 0 Å². The third kappa shape index (κ3) is 4.80. The van der Waals surface area contributed by atoms with Crippen LogP contribution in [0.5, 0.6) is 0 Å². The molecule has 1 atom stereocenters. The summed E-state index contributed by atoms with van der Waals surface area (Å²) in [5, 5.41) is 2.37. The molecule has 34 heavy (non-hydrogen) atoms. The van der Waals surface area contributed by atoms with E-state index in [0.29, 0.717) is 41.6 Å². The molecule has 1 aromatic rings. The highest BCUT2D eigenvalue weighted by molar-refractivity contribution is 6.01. The molecule has 1 aromatic carbocycles. The van der Waals surface area contributed by atoms with Crippen LogP contribution in [0.4, 0.5) is 15.8 Å². The summed E-state index contributed by atoms with van der Waals surface area (Å²) in [6.07, 6.45) is 7.95. The number of anilines is 2. The van der Waals surface area contributed by atoms with Gasteiger partial charge >= 0.3 is 0 Å². The maximum absolute atomic E-state index is 15.1. The summed E-state index contributed by atoms with van der Waals surface area (Å²) in [4.78, 5) is 30.1. The Bertz CT molecular complexity index is 916. The second-order valence-electron chi connectivity index (χ2n) is 11.1. The molecule has 1 unspecified atom stereocenters. The molecule has 1 aliphatic carbocycles. The highest BCUT2D eigenvalue weighted by Crippen LogP contribution is 2.48. The van der Waals surface area contributed by atoms with Gasteiger partial charge in [0.1, 0.15) is 11.9 Å². The van der Waals surface area contributed by atoms with Gasteiger partial charge < -0.3 is 20.4 Å². The Hall–Kier alpha value is -2.19. The van der Waals surface area contributed by atoms with Gasteiger partial charge in [-0.15, -0.1) is 0 Å². The van der Waals surface area contributed by atoms with E-state index in [9.17, 15) is 9.59 Å². The van der Waals surface area contributed by atoms with Gasteiger partial charge in [0.05, 0.1) is 5.69 Å². The molecule has 5 rings (SSSR count). The van der Waals surface area contributed by atoms with Crippen molar-refractivity contribution >= 4 is 23.2 Å². The molecule has 4 fully saturated rings. The number of likely N-dealkylation sites (tertiary alicyclic amines) is 1. The number of nitrogens with one attached hydrogen (secondary N) is 1. The van der Waals surface area contributed by atoms with Gasteiger partial charge in [-0.05, 0) is 87.6 Å². The molecule has 4 aliphatic rings. The Labute approximate surface area is 201 Å². The molecule has 186 valence electrons. The number of carbonyl (C=O) groups is 2. The van der Waals surface area contributed by atoms with Crippen molar-refractivity contribution in [2.45, 2.75) is 63.5 Å². The molecule has 7 nitrogen and oxygen atoms in total. The average molecular weight is 472 g/mol. The first-order chi connectivity index (χ1) is 16.3. The lowest BCUT2D eigenvalue weighted by molar-refractivity contribution is -0.134. The van der Waals surface area contributed by atoms with Crippen LogP contribution in [0.1, 0.15) is 51.4 Å². The van der Waals surface area contributed by atoms with E-state index in [1.807, 2.05) is 12.1 Å². The van der Waals surface area contributed by atoms with Crippen LogP contribution in [-0.2, 0) is 9.59 Å². The van der Waals surface area contributed by atoms with Crippen molar-refractivity contribution in [1.82, 2.24) is 10.2 Å². The smallest absolute Gasteiger partial charge is 0.249 e. The zero-order valence-corrected chi connectivity index (χ0v) is 20.3. The first-order valence-electron chi connectivity index (χ1n) is 12.9. The normalized spacial score (nSPS) is 26.4. The van der Waals surface area contributed by atoms with Crippen LogP contribution in [0, 0.1) is 17.2 Å². The molecular formula is C26H38FN5O2. The van der Waals surface area contributed by atoms with Crippen LogP contribution < -0.4 is 20.9 Å². The van der Waals surface area contributed by atoms with Crippen molar-refractivity contribution in [3.05, 3.63) is 24.0 Å². The quantitative estimate of drug-likeness (QED) is 0.643. The molecule has 3 heterocycles. The van der Waals surface area contributed by atoms with Crippen molar-refractivity contribution in [3.8, 4) is 0 Å². The number of hydrogen-bond donors (Lipinski definition) is 2. The number of piperidine rings is 3. The van der Waals surface area contributed by atoms with E-state index in [1.165, 1.54) is 44.8 Å². The summed E-state index contributed by atoms with van der Waals surface area (Å²) in [7, 11) is 1.78. The van der Waals surface area contributed by atoms with Gasteiger partial charge in [-0.2, -0.15) is 0 Å². The lowest BCUT2D eigenvalue weighted by Crippen LogP contribution is -2.52. The molecule has 3 saturated heterocycles. The zero-order valence-electron chi connectivity index (χ0n) is 20.3. The SMILES string of the molecule is CN(c1ccc(N2CCC(CN3CCC4(CC3)CC(N)C4)CC2)c(F)c1)C1CCC(=O)NC1=O. The van der Waals surface area contributed by atoms with E-state index in [0.717, 1.165) is 32.5 Å². The van der Waals surface area contributed by atoms with E-state index in [-0.39, 0.29) is 17.6 Å². The standard InChI is InChI=1S/C26H38FN5O2/c1-30(23-4-5-24(33)29-25(23)34)20-2-3-22(21(27)14-20)32-10-6-18(7-11-32)17-31-12-8-26(9-13-31)15-19(28)16-26/h2-3,14,18-19,23H,4-13,15-17,28H2,1H3,(H,29,33,34). The summed E-state index contributed by atoms with van der Waals surface area (Å²) in [5.74, 6) is -0.137. The maximum atomic E-state index is 15.1. The first kappa shape index (κ1) is 23.5. The molecule has 2 amide bonds. The molecule has 1 spiro atoms. The van der Waals surface area contributed by atoms with Gasteiger partial charge in [0, 0.05) is 44.8 Å². The number of rotatable bonds is 5. The molecule has 8 heteroatoms. The molecule has 0 bridgehead atoms. The van der Waals surface area contributed by atoms with Crippen molar-refractivity contribution in [1.29, 1.82) is 0 Å². The van der Waals surface area contributed by atoms with E-state index in [4.69, 9.17) is 5.73 Å². The lowest BCUT2D eigenvalue weighted by atomic mass is 9.60. The third-order valence-electron chi connectivity index (χ3n) is 8.79. The minimum absolute atomic E-state index is 0.244. The predicted molar refractivity (Wildman–Crippen MR) is 131 cm³/mol. The Morgan fingerprint density at radius 3 is 2.44 bits per heavy atom. The Morgan fingerprint density at radius 1 is 1.12 bits per heavy atom. The Kier molecular flexibility index (Phi) is 6.55. The number of nitrogens with two attached hydrogens (primary N) is 1. The van der Waals surface area contributed by atoms with Crippen LogP contribution in [0.25, 0.3) is 0 Å². The largest absolute Gasteiger partial charge is 0.369 e. The van der Waals surface area contributed by atoms with E-state index in [2.05, 4.69) is 15.1 Å². The first-order valence-corrected chi connectivity index (χ1v) is 12.9. The van der Waals surface area contributed by atoms with Crippen LogP contribution in [0.2, 0.25) is 0 Å². The fourth-order valence-electron chi connectivity index (χ4n) is 6.60. The number of amides is 2.